The van der Waals surface area contributed by atoms with Crippen LogP contribution in [-0.2, 0) is 20.9 Å². The number of likely N-dealkylation sites (N-methyl/N-ethyl adjacent to an activating group) is 1. The molecule has 268 valence electrons. The van der Waals surface area contributed by atoms with E-state index in [0.29, 0.717) is 49.8 Å². The molecular weight excluding hydrogens is 632 g/mol. The molecule has 2 aliphatic carbocycles. The van der Waals surface area contributed by atoms with Gasteiger partial charge in [-0.15, -0.1) is 0 Å². The summed E-state index contributed by atoms with van der Waals surface area (Å²) in [5.74, 6) is -3.13. The molecule has 3 aliphatic rings. The number of halogens is 2. The molecule has 0 bridgehead atoms. The van der Waals surface area contributed by atoms with E-state index in [1.807, 2.05) is 20.9 Å². The van der Waals surface area contributed by atoms with E-state index in [4.69, 9.17) is 0 Å². The van der Waals surface area contributed by atoms with Gasteiger partial charge < -0.3 is 25.8 Å². The summed E-state index contributed by atoms with van der Waals surface area (Å²) in [7, 11) is 1.98. The van der Waals surface area contributed by atoms with E-state index < -0.39 is 47.2 Å². The van der Waals surface area contributed by atoms with Gasteiger partial charge in [-0.25, -0.2) is 8.78 Å². The zero-order valence-electron chi connectivity index (χ0n) is 29.3. The Hall–Kier alpha value is -3.87. The summed E-state index contributed by atoms with van der Waals surface area (Å²) in [5, 5.41) is 12.4. The van der Waals surface area contributed by atoms with Gasteiger partial charge in [0.25, 0.3) is 11.8 Å². The van der Waals surface area contributed by atoms with Gasteiger partial charge in [0.05, 0.1) is 5.69 Å². The summed E-state index contributed by atoms with van der Waals surface area (Å²) < 4.78 is 32.5. The Kier molecular flexibility index (Phi) is 11.4. The van der Waals surface area contributed by atoms with Crippen molar-refractivity contribution in [3.05, 3.63) is 47.5 Å². The average molecular weight is 684 g/mol. The van der Waals surface area contributed by atoms with E-state index in [9.17, 15) is 19.2 Å². The first-order chi connectivity index (χ1) is 23.3. The number of alkyl halides is 1. The summed E-state index contributed by atoms with van der Waals surface area (Å²) in [6.07, 6.45) is 5.68. The number of piperazine rings is 1. The summed E-state index contributed by atoms with van der Waals surface area (Å²) in [5.41, 5.74) is -1.32. The Bertz CT molecular complexity index is 1520. The number of benzene rings is 1. The Morgan fingerprint density at radius 1 is 1.04 bits per heavy atom. The quantitative estimate of drug-likeness (QED) is 0.325. The largest absolute Gasteiger partial charge is 0.341 e. The van der Waals surface area contributed by atoms with Crippen LogP contribution in [0.15, 0.2) is 30.5 Å². The van der Waals surface area contributed by atoms with Crippen molar-refractivity contribution in [1.82, 2.24) is 30.2 Å². The first-order valence-corrected chi connectivity index (χ1v) is 17.7. The van der Waals surface area contributed by atoms with Gasteiger partial charge in [-0.05, 0) is 88.6 Å². The second kappa shape index (κ2) is 15.3. The van der Waals surface area contributed by atoms with E-state index in [-0.39, 0.29) is 36.4 Å². The molecule has 5 rings (SSSR count). The predicted molar refractivity (Wildman–Crippen MR) is 182 cm³/mol. The predicted octanol–water partition coefficient (Wildman–Crippen LogP) is 4.25. The lowest BCUT2D eigenvalue weighted by Crippen LogP contribution is -2.60. The second-order valence-electron chi connectivity index (χ2n) is 14.4. The molecule has 2 aromatic rings. The van der Waals surface area contributed by atoms with Crippen molar-refractivity contribution in [2.45, 2.75) is 109 Å². The topological polar surface area (TPSA) is 129 Å². The van der Waals surface area contributed by atoms with Gasteiger partial charge in [-0.1, -0.05) is 32.8 Å². The number of anilines is 1. The van der Waals surface area contributed by atoms with Gasteiger partial charge in [0.2, 0.25) is 11.8 Å². The Morgan fingerprint density at radius 3 is 2.37 bits per heavy atom. The molecule has 11 nitrogen and oxygen atoms in total. The SMILES string of the molecule is CCn1nccc1C(=O)N[C@H](C(=O)Nc1ccc([C@H](C)[C@@H](NC(=O)C2(F)CCC2)C(=O)N2CCN(C)[C@H](C)C2)cc1F)C1CCC(C)CC1. The lowest BCUT2D eigenvalue weighted by molar-refractivity contribution is -0.145. The third-order valence-electron chi connectivity index (χ3n) is 11.0. The molecule has 1 aromatic heterocycles. The fraction of sp³-hybridized carbons (Fsp3) is 0.639. The Labute approximate surface area is 287 Å². The molecular formula is C36H51F2N7O4. The number of amides is 4. The number of hydrogen-bond donors (Lipinski definition) is 3. The highest BCUT2D eigenvalue weighted by Gasteiger charge is 2.47. The standard InChI is InChI=1S/C36H51F2N7O4/c1-6-45-29(14-17-39-45)32(46)41-31(25-10-8-22(2)9-11-25)33(47)40-28-13-12-26(20-27(28)37)24(4)30(42-35(49)36(38)15-7-16-36)34(48)44-19-18-43(5)23(3)21-44/h12-14,17,20,22-25,30-31H,6-11,15-16,18-19,21H2,1-5H3,(H,40,47)(H,41,46)(H,42,49)/t22?,23-,24+,25?,30-,31+/m1/s1. The maximum Gasteiger partial charge on any atom is 0.270 e. The number of carbonyl (C=O) groups excluding carboxylic acids is 4. The fourth-order valence-electron chi connectivity index (χ4n) is 7.16. The number of aromatic nitrogens is 2. The molecule has 3 fully saturated rings. The molecule has 4 atom stereocenters. The molecule has 13 heteroatoms. The van der Waals surface area contributed by atoms with Gasteiger partial charge in [0.15, 0.2) is 5.67 Å². The highest BCUT2D eigenvalue weighted by Crippen LogP contribution is 2.37. The zero-order valence-corrected chi connectivity index (χ0v) is 29.3. The second-order valence-corrected chi connectivity index (χ2v) is 14.4. The molecule has 2 heterocycles. The van der Waals surface area contributed by atoms with Crippen LogP contribution in [0.1, 0.15) is 94.6 Å². The van der Waals surface area contributed by atoms with Crippen LogP contribution in [0, 0.1) is 17.7 Å². The molecule has 1 aromatic carbocycles. The third kappa shape index (κ3) is 8.13. The maximum absolute atomic E-state index is 15.8. The van der Waals surface area contributed by atoms with Gasteiger partial charge in [0, 0.05) is 44.3 Å². The van der Waals surface area contributed by atoms with Crippen LogP contribution in [0.4, 0.5) is 14.5 Å². The number of rotatable bonds is 11. The molecule has 0 unspecified atom stereocenters. The van der Waals surface area contributed by atoms with Crippen LogP contribution in [0.25, 0.3) is 0 Å². The summed E-state index contributed by atoms with van der Waals surface area (Å²) in [6.45, 7) is 9.80. The van der Waals surface area contributed by atoms with Crippen molar-refractivity contribution in [3.8, 4) is 0 Å². The summed E-state index contributed by atoms with van der Waals surface area (Å²) >= 11 is 0. The van der Waals surface area contributed by atoms with Crippen LogP contribution in [-0.4, -0.2) is 93.7 Å². The van der Waals surface area contributed by atoms with Crippen molar-refractivity contribution in [2.75, 3.05) is 32.0 Å². The van der Waals surface area contributed by atoms with Gasteiger partial charge in [-0.2, -0.15) is 5.10 Å². The van der Waals surface area contributed by atoms with Crippen molar-refractivity contribution < 1.29 is 28.0 Å². The highest BCUT2D eigenvalue weighted by molar-refractivity contribution is 6.01. The summed E-state index contributed by atoms with van der Waals surface area (Å²) in [4.78, 5) is 57.7. The van der Waals surface area contributed by atoms with Gasteiger partial charge in [-0.3, -0.25) is 23.9 Å². The Morgan fingerprint density at radius 2 is 1.76 bits per heavy atom. The van der Waals surface area contributed by atoms with Crippen LogP contribution in [0.3, 0.4) is 0 Å². The lowest BCUT2D eigenvalue weighted by atomic mass is 9.79. The minimum absolute atomic E-state index is 0.0695. The third-order valence-corrected chi connectivity index (χ3v) is 11.0. The molecule has 0 radical (unpaired) electrons. The van der Waals surface area contributed by atoms with E-state index in [2.05, 4.69) is 32.9 Å². The van der Waals surface area contributed by atoms with Crippen molar-refractivity contribution >= 4 is 29.3 Å². The highest BCUT2D eigenvalue weighted by atomic mass is 19.1. The maximum atomic E-state index is 15.8. The molecule has 1 aliphatic heterocycles. The smallest absolute Gasteiger partial charge is 0.270 e. The summed E-state index contributed by atoms with van der Waals surface area (Å²) in [6, 6.07) is 3.97. The van der Waals surface area contributed by atoms with E-state index in [0.717, 1.165) is 25.7 Å². The van der Waals surface area contributed by atoms with Crippen LogP contribution < -0.4 is 16.0 Å². The first-order valence-electron chi connectivity index (χ1n) is 17.7. The van der Waals surface area contributed by atoms with E-state index >= 15 is 8.78 Å². The normalized spacial score (nSPS) is 24.2. The number of hydrogen-bond acceptors (Lipinski definition) is 6. The van der Waals surface area contributed by atoms with Crippen LogP contribution >= 0.6 is 0 Å². The van der Waals surface area contributed by atoms with Gasteiger partial charge >= 0.3 is 0 Å². The molecule has 4 amide bonds. The van der Waals surface area contributed by atoms with E-state index in [1.54, 1.807) is 28.6 Å². The van der Waals surface area contributed by atoms with Crippen molar-refractivity contribution in [3.63, 3.8) is 0 Å². The molecule has 3 N–H and O–H groups in total. The van der Waals surface area contributed by atoms with Crippen LogP contribution in [0.5, 0.6) is 0 Å². The van der Waals surface area contributed by atoms with Crippen molar-refractivity contribution in [1.29, 1.82) is 0 Å². The number of aryl methyl sites for hydroxylation is 1. The number of carbonyl (C=O) groups is 4. The number of nitrogens with one attached hydrogen (secondary N) is 3. The minimum Gasteiger partial charge on any atom is -0.341 e. The number of nitrogens with zero attached hydrogens (tertiary/aromatic N) is 4. The molecule has 0 spiro atoms. The van der Waals surface area contributed by atoms with Crippen molar-refractivity contribution in [2.24, 2.45) is 11.8 Å². The average Bonchev–Trinajstić information content (AvgIpc) is 3.56. The van der Waals surface area contributed by atoms with Crippen LogP contribution in [0.2, 0.25) is 0 Å². The monoisotopic (exact) mass is 683 g/mol. The molecule has 1 saturated heterocycles. The fourth-order valence-corrected chi connectivity index (χ4v) is 7.16. The first kappa shape index (κ1) is 36.4. The lowest BCUT2D eigenvalue weighted by Gasteiger charge is -2.41. The Balaban J connectivity index is 1.34. The molecule has 2 saturated carbocycles. The minimum atomic E-state index is -2.01. The zero-order chi connectivity index (χ0) is 35.5. The molecule has 49 heavy (non-hydrogen) atoms. The van der Waals surface area contributed by atoms with E-state index in [1.165, 1.54) is 18.3 Å². The van der Waals surface area contributed by atoms with Gasteiger partial charge in [0.1, 0.15) is 23.6 Å².